The van der Waals surface area contributed by atoms with Gasteiger partial charge in [0, 0.05) is 24.5 Å². The van der Waals surface area contributed by atoms with Crippen LogP contribution >= 0.6 is 0 Å². The van der Waals surface area contributed by atoms with Gasteiger partial charge in [0.05, 0.1) is 18.2 Å². The maximum Gasteiger partial charge on any atom is 0.295 e. The Kier molecular flexibility index (Phi) is 6.72. The third-order valence-corrected chi connectivity index (χ3v) is 5.73. The number of likely N-dealkylation sites (tertiary alicyclic amines) is 1. The summed E-state index contributed by atoms with van der Waals surface area (Å²) >= 11 is 0. The van der Waals surface area contributed by atoms with Crippen LogP contribution in [0.3, 0.4) is 0 Å². The van der Waals surface area contributed by atoms with Crippen LogP contribution in [-0.4, -0.2) is 33.3 Å². The summed E-state index contributed by atoms with van der Waals surface area (Å²) in [5, 5.41) is 11.3. The van der Waals surface area contributed by atoms with E-state index in [9.17, 15) is 19.1 Å². The van der Waals surface area contributed by atoms with Crippen molar-refractivity contribution in [2.24, 2.45) is 0 Å². The van der Waals surface area contributed by atoms with Crippen molar-refractivity contribution in [2.75, 3.05) is 6.61 Å². The predicted octanol–water partition coefficient (Wildman–Crippen LogP) is 4.94. The lowest BCUT2D eigenvalue weighted by atomic mass is 9.93. The van der Waals surface area contributed by atoms with Crippen molar-refractivity contribution < 1.29 is 23.8 Å². The maximum absolute atomic E-state index is 13.6. The van der Waals surface area contributed by atoms with E-state index in [2.05, 4.69) is 4.98 Å². The van der Waals surface area contributed by atoms with Gasteiger partial charge in [0.1, 0.15) is 17.3 Å². The number of aliphatic hydroxyl groups is 1. The molecular weight excluding hydrogens is 435 g/mol. The van der Waals surface area contributed by atoms with Gasteiger partial charge in [-0.05, 0) is 66.4 Å². The molecule has 0 saturated carbocycles. The molecule has 34 heavy (non-hydrogen) atoms. The molecular formula is C27H25FN2O4. The first kappa shape index (κ1) is 23.2. The first-order valence-electron chi connectivity index (χ1n) is 11.1. The standard InChI is InChI=1S/C27H25FN2O4/c1-3-13-34-21-10-11-22(17(2)14-21)25(31)23-24(19-6-8-20(28)9-7-19)30(27(33)26(23)32)16-18-5-4-12-29-15-18/h4-12,14-15,24,31H,3,13,16H2,1-2H3/t24-/m0/s1. The van der Waals surface area contributed by atoms with E-state index in [0.29, 0.717) is 29.0 Å². The van der Waals surface area contributed by atoms with Crippen molar-refractivity contribution in [3.05, 3.63) is 101 Å². The summed E-state index contributed by atoms with van der Waals surface area (Å²) in [5.41, 5.74) is 2.33. The minimum Gasteiger partial charge on any atom is -0.507 e. The SMILES string of the molecule is CCCOc1ccc(C(O)=C2C(=O)C(=O)N(Cc3cccnc3)[C@H]2c2ccc(F)cc2)c(C)c1. The number of carbonyl (C=O) groups is 2. The predicted molar refractivity (Wildman–Crippen MR) is 125 cm³/mol. The first-order valence-corrected chi connectivity index (χ1v) is 11.1. The first-order chi connectivity index (χ1) is 16.4. The molecule has 174 valence electrons. The topological polar surface area (TPSA) is 79.7 Å². The van der Waals surface area contributed by atoms with E-state index in [1.807, 2.05) is 6.92 Å². The molecule has 1 amide bonds. The van der Waals surface area contributed by atoms with Gasteiger partial charge in [0.15, 0.2) is 0 Å². The number of benzene rings is 2. The molecule has 1 aliphatic rings. The lowest BCUT2D eigenvalue weighted by molar-refractivity contribution is -0.140. The molecule has 2 aromatic carbocycles. The van der Waals surface area contributed by atoms with Crippen molar-refractivity contribution in [3.63, 3.8) is 0 Å². The van der Waals surface area contributed by atoms with E-state index in [1.165, 1.54) is 29.2 Å². The lowest BCUT2D eigenvalue weighted by Crippen LogP contribution is -2.29. The Morgan fingerprint density at radius 2 is 1.91 bits per heavy atom. The number of Topliss-reactive ketones (excluding diaryl/α,β-unsaturated/α-hetero) is 1. The van der Waals surface area contributed by atoms with Crippen molar-refractivity contribution >= 4 is 17.4 Å². The van der Waals surface area contributed by atoms with Crippen molar-refractivity contribution in [1.82, 2.24) is 9.88 Å². The molecule has 1 aliphatic heterocycles. The second-order valence-electron chi connectivity index (χ2n) is 8.17. The average Bonchev–Trinajstić information content (AvgIpc) is 3.08. The number of nitrogens with zero attached hydrogens (tertiary/aromatic N) is 2. The molecule has 1 fully saturated rings. The third kappa shape index (κ3) is 4.55. The number of aromatic nitrogens is 1. The van der Waals surface area contributed by atoms with Crippen molar-refractivity contribution in [3.8, 4) is 5.75 Å². The smallest absolute Gasteiger partial charge is 0.295 e. The minimum absolute atomic E-state index is 0.0363. The Morgan fingerprint density at radius 1 is 1.15 bits per heavy atom. The molecule has 0 aliphatic carbocycles. The summed E-state index contributed by atoms with van der Waals surface area (Å²) in [6.45, 7) is 4.48. The Morgan fingerprint density at radius 3 is 2.56 bits per heavy atom. The van der Waals surface area contributed by atoms with Crippen LogP contribution < -0.4 is 4.74 Å². The molecule has 0 unspecified atom stereocenters. The van der Waals surface area contributed by atoms with Crippen LogP contribution in [0.4, 0.5) is 4.39 Å². The second kappa shape index (κ2) is 9.87. The summed E-state index contributed by atoms with van der Waals surface area (Å²) in [5.74, 6) is -1.59. The summed E-state index contributed by atoms with van der Waals surface area (Å²) in [7, 11) is 0. The molecule has 0 radical (unpaired) electrons. The molecule has 0 spiro atoms. The fourth-order valence-corrected chi connectivity index (χ4v) is 4.08. The Hall–Kier alpha value is -4.00. The van der Waals surface area contributed by atoms with Crippen LogP contribution in [0.25, 0.3) is 5.76 Å². The van der Waals surface area contributed by atoms with Crippen LogP contribution in [-0.2, 0) is 16.1 Å². The van der Waals surface area contributed by atoms with Gasteiger partial charge in [-0.2, -0.15) is 0 Å². The molecule has 7 heteroatoms. The van der Waals surface area contributed by atoms with Gasteiger partial charge < -0.3 is 14.7 Å². The number of aryl methyl sites for hydroxylation is 1. The number of hydrogen-bond acceptors (Lipinski definition) is 5. The van der Waals surface area contributed by atoms with E-state index in [-0.39, 0.29) is 17.9 Å². The number of rotatable bonds is 7. The van der Waals surface area contributed by atoms with Gasteiger partial charge in [-0.1, -0.05) is 25.1 Å². The molecule has 3 aromatic rings. The zero-order chi connectivity index (χ0) is 24.2. The summed E-state index contributed by atoms with van der Waals surface area (Å²) in [6.07, 6.45) is 4.09. The molecule has 1 aromatic heterocycles. The Balaban J connectivity index is 1.82. The molecule has 1 atom stereocenters. The van der Waals surface area contributed by atoms with E-state index in [0.717, 1.165) is 12.0 Å². The molecule has 1 saturated heterocycles. The van der Waals surface area contributed by atoms with Crippen molar-refractivity contribution in [2.45, 2.75) is 32.9 Å². The van der Waals surface area contributed by atoms with Gasteiger partial charge in [-0.25, -0.2) is 4.39 Å². The van der Waals surface area contributed by atoms with E-state index < -0.39 is 23.5 Å². The van der Waals surface area contributed by atoms with E-state index >= 15 is 0 Å². The highest BCUT2D eigenvalue weighted by Crippen LogP contribution is 2.41. The number of ether oxygens (including phenoxy) is 1. The molecule has 0 bridgehead atoms. The average molecular weight is 461 g/mol. The number of amides is 1. The van der Waals surface area contributed by atoms with E-state index in [4.69, 9.17) is 4.74 Å². The summed E-state index contributed by atoms with van der Waals surface area (Å²) in [6, 6.07) is 13.4. The number of carbonyl (C=O) groups excluding carboxylic acids is 2. The van der Waals surface area contributed by atoms with Crippen LogP contribution in [0, 0.1) is 12.7 Å². The minimum atomic E-state index is -0.878. The van der Waals surface area contributed by atoms with Crippen molar-refractivity contribution in [1.29, 1.82) is 0 Å². The number of pyridine rings is 1. The molecule has 6 nitrogen and oxygen atoms in total. The Bertz CT molecular complexity index is 1240. The largest absolute Gasteiger partial charge is 0.507 e. The zero-order valence-electron chi connectivity index (χ0n) is 19.0. The molecule has 4 rings (SSSR count). The second-order valence-corrected chi connectivity index (χ2v) is 8.17. The van der Waals surface area contributed by atoms with Gasteiger partial charge >= 0.3 is 0 Å². The fourth-order valence-electron chi connectivity index (χ4n) is 4.08. The normalized spacial score (nSPS) is 17.3. The van der Waals surface area contributed by atoms with Crippen LogP contribution in [0.1, 0.15) is 41.6 Å². The van der Waals surface area contributed by atoms with Crippen LogP contribution in [0.15, 0.2) is 72.6 Å². The zero-order valence-corrected chi connectivity index (χ0v) is 19.0. The summed E-state index contributed by atoms with van der Waals surface area (Å²) in [4.78, 5) is 31.7. The van der Waals surface area contributed by atoms with Crippen LogP contribution in [0.5, 0.6) is 5.75 Å². The Labute approximate surface area is 197 Å². The van der Waals surface area contributed by atoms with E-state index in [1.54, 1.807) is 49.6 Å². The highest BCUT2D eigenvalue weighted by Gasteiger charge is 2.46. The van der Waals surface area contributed by atoms with Crippen LogP contribution in [0.2, 0.25) is 0 Å². The number of hydrogen-bond donors (Lipinski definition) is 1. The van der Waals surface area contributed by atoms with Gasteiger partial charge in [-0.3, -0.25) is 14.6 Å². The number of halogens is 1. The molecule has 2 heterocycles. The highest BCUT2D eigenvalue weighted by molar-refractivity contribution is 6.46. The van der Waals surface area contributed by atoms with Gasteiger partial charge in [0.2, 0.25) is 0 Å². The lowest BCUT2D eigenvalue weighted by Gasteiger charge is -2.25. The quantitative estimate of drug-likeness (QED) is 0.307. The summed E-state index contributed by atoms with van der Waals surface area (Å²) < 4.78 is 19.3. The monoisotopic (exact) mass is 460 g/mol. The third-order valence-electron chi connectivity index (χ3n) is 5.73. The van der Waals surface area contributed by atoms with Gasteiger partial charge in [0.25, 0.3) is 11.7 Å². The van der Waals surface area contributed by atoms with Gasteiger partial charge in [-0.15, -0.1) is 0 Å². The maximum atomic E-state index is 13.6. The molecule has 1 N–H and O–H groups in total. The highest BCUT2D eigenvalue weighted by atomic mass is 19.1. The number of ketones is 1. The number of aliphatic hydroxyl groups excluding tert-OH is 1. The fraction of sp³-hybridized carbons (Fsp3) is 0.222.